The minimum atomic E-state index is 0.409. The molecule has 0 saturated heterocycles. The highest BCUT2D eigenvalue weighted by Crippen LogP contribution is 2.28. The molecule has 0 spiro atoms. The molecule has 5 heteroatoms. The second-order valence-electron chi connectivity index (χ2n) is 5.17. The van der Waals surface area contributed by atoms with Gasteiger partial charge in [-0.2, -0.15) is 0 Å². The van der Waals surface area contributed by atoms with Gasteiger partial charge in [-0.25, -0.2) is 0 Å². The third-order valence-electron chi connectivity index (χ3n) is 3.24. The van der Waals surface area contributed by atoms with Crippen molar-refractivity contribution in [3.05, 3.63) is 53.1 Å². The third-order valence-corrected chi connectivity index (χ3v) is 3.68. The van der Waals surface area contributed by atoms with Crippen molar-refractivity contribution in [2.24, 2.45) is 0 Å². The smallest absolute Gasteiger partial charge is 0.175 e. The Morgan fingerprint density at radius 3 is 2.45 bits per heavy atom. The zero-order valence-electron chi connectivity index (χ0n) is 12.8. The molecular formula is C17H19ClN2OS. The number of anilines is 2. The summed E-state index contributed by atoms with van der Waals surface area (Å²) in [6.45, 7) is 4.30. The van der Waals surface area contributed by atoms with Gasteiger partial charge in [0, 0.05) is 10.7 Å². The van der Waals surface area contributed by atoms with Crippen molar-refractivity contribution in [1.82, 2.24) is 0 Å². The first-order valence-electron chi connectivity index (χ1n) is 7.01. The van der Waals surface area contributed by atoms with Crippen LogP contribution in [0.5, 0.6) is 5.75 Å². The summed E-state index contributed by atoms with van der Waals surface area (Å²) in [4.78, 5) is 0. The number of hydrogen-bond acceptors (Lipinski definition) is 2. The van der Waals surface area contributed by atoms with Crippen molar-refractivity contribution >= 4 is 40.3 Å². The van der Waals surface area contributed by atoms with E-state index in [0.29, 0.717) is 21.8 Å². The number of benzene rings is 2. The van der Waals surface area contributed by atoms with Gasteiger partial charge in [0.05, 0.1) is 12.8 Å². The second kappa shape index (κ2) is 7.47. The first-order valence-corrected chi connectivity index (χ1v) is 7.80. The minimum Gasteiger partial charge on any atom is -0.495 e. The van der Waals surface area contributed by atoms with Crippen molar-refractivity contribution in [3.8, 4) is 5.75 Å². The lowest BCUT2D eigenvalue weighted by Gasteiger charge is -2.17. The average molecular weight is 335 g/mol. The summed E-state index contributed by atoms with van der Waals surface area (Å²) in [5.74, 6) is 1.10. The Hall–Kier alpha value is -1.78. The van der Waals surface area contributed by atoms with Crippen LogP contribution in [0.3, 0.4) is 0 Å². The molecule has 0 aliphatic heterocycles. The summed E-state index contributed by atoms with van der Waals surface area (Å²) < 4.78 is 5.30. The van der Waals surface area contributed by atoms with Gasteiger partial charge in [0.1, 0.15) is 5.75 Å². The van der Waals surface area contributed by atoms with Gasteiger partial charge in [0.2, 0.25) is 0 Å². The second-order valence-corrected chi connectivity index (χ2v) is 6.01. The van der Waals surface area contributed by atoms with Crippen LogP contribution in [0.2, 0.25) is 5.02 Å². The molecule has 0 aliphatic carbocycles. The van der Waals surface area contributed by atoms with Gasteiger partial charge in [-0.15, -0.1) is 0 Å². The SMILES string of the molecule is COc1ccc(Cl)cc1NC(=S)Nc1ccccc1C(C)C. The molecule has 2 rings (SSSR count). The zero-order valence-corrected chi connectivity index (χ0v) is 14.4. The van der Waals surface area contributed by atoms with Crippen LogP contribution in [0.1, 0.15) is 25.3 Å². The summed E-state index contributed by atoms with van der Waals surface area (Å²) in [5, 5.41) is 7.47. The molecule has 0 bridgehead atoms. The Morgan fingerprint density at radius 1 is 1.09 bits per heavy atom. The number of para-hydroxylation sites is 1. The van der Waals surface area contributed by atoms with Crippen LogP contribution in [0.15, 0.2) is 42.5 Å². The molecule has 2 aromatic carbocycles. The maximum absolute atomic E-state index is 6.02. The van der Waals surface area contributed by atoms with Gasteiger partial charge < -0.3 is 15.4 Å². The number of hydrogen-bond donors (Lipinski definition) is 2. The van der Waals surface area contributed by atoms with Crippen LogP contribution in [-0.4, -0.2) is 12.2 Å². The molecule has 22 heavy (non-hydrogen) atoms. The van der Waals surface area contributed by atoms with Gasteiger partial charge >= 0.3 is 0 Å². The summed E-state index contributed by atoms with van der Waals surface area (Å²) in [5.41, 5.74) is 2.94. The van der Waals surface area contributed by atoms with Gasteiger partial charge in [-0.05, 0) is 48.0 Å². The average Bonchev–Trinajstić information content (AvgIpc) is 2.47. The van der Waals surface area contributed by atoms with Crippen LogP contribution in [0, 0.1) is 0 Å². The third kappa shape index (κ3) is 4.12. The molecule has 0 aliphatic rings. The fourth-order valence-electron chi connectivity index (χ4n) is 2.17. The topological polar surface area (TPSA) is 33.3 Å². The predicted octanol–water partition coefficient (Wildman–Crippen LogP) is 5.28. The lowest BCUT2D eigenvalue weighted by molar-refractivity contribution is 0.417. The highest BCUT2D eigenvalue weighted by molar-refractivity contribution is 7.80. The van der Waals surface area contributed by atoms with Crippen LogP contribution in [0.25, 0.3) is 0 Å². The number of thiocarbonyl (C=S) groups is 1. The molecular weight excluding hydrogens is 316 g/mol. The van der Waals surface area contributed by atoms with E-state index in [-0.39, 0.29) is 0 Å². The van der Waals surface area contributed by atoms with Crippen molar-refractivity contribution < 1.29 is 4.74 Å². The van der Waals surface area contributed by atoms with Crippen molar-refractivity contribution in [1.29, 1.82) is 0 Å². The Bertz CT molecular complexity index is 673. The van der Waals surface area contributed by atoms with Crippen LogP contribution in [-0.2, 0) is 0 Å². The molecule has 2 aromatic rings. The molecule has 0 unspecified atom stereocenters. The zero-order chi connectivity index (χ0) is 16.1. The van der Waals surface area contributed by atoms with Gasteiger partial charge in [-0.3, -0.25) is 0 Å². The van der Waals surface area contributed by atoms with Crippen LogP contribution in [0.4, 0.5) is 11.4 Å². The lowest BCUT2D eigenvalue weighted by atomic mass is 10.0. The number of rotatable bonds is 4. The van der Waals surface area contributed by atoms with E-state index >= 15 is 0 Å². The van der Waals surface area contributed by atoms with E-state index in [1.807, 2.05) is 18.2 Å². The fraction of sp³-hybridized carbons (Fsp3) is 0.235. The maximum Gasteiger partial charge on any atom is 0.175 e. The van der Waals surface area contributed by atoms with E-state index in [0.717, 1.165) is 11.4 Å². The molecule has 0 saturated carbocycles. The van der Waals surface area contributed by atoms with E-state index < -0.39 is 0 Å². The largest absolute Gasteiger partial charge is 0.495 e. The maximum atomic E-state index is 6.02. The predicted molar refractivity (Wildman–Crippen MR) is 98.4 cm³/mol. The molecule has 0 amide bonds. The Kier molecular flexibility index (Phi) is 5.63. The monoisotopic (exact) mass is 334 g/mol. The van der Waals surface area contributed by atoms with Crippen molar-refractivity contribution in [3.63, 3.8) is 0 Å². The normalized spacial score (nSPS) is 10.4. The van der Waals surface area contributed by atoms with Crippen molar-refractivity contribution in [2.75, 3.05) is 17.7 Å². The molecule has 116 valence electrons. The molecule has 0 heterocycles. The van der Waals surface area contributed by atoms with Gasteiger partial charge in [-0.1, -0.05) is 43.6 Å². The van der Waals surface area contributed by atoms with Gasteiger partial charge in [0.15, 0.2) is 5.11 Å². The molecule has 2 N–H and O–H groups in total. The molecule has 3 nitrogen and oxygen atoms in total. The van der Waals surface area contributed by atoms with E-state index in [4.69, 9.17) is 28.6 Å². The minimum absolute atomic E-state index is 0.409. The Morgan fingerprint density at radius 2 is 1.77 bits per heavy atom. The Balaban J connectivity index is 2.16. The van der Waals surface area contributed by atoms with E-state index in [1.165, 1.54) is 5.56 Å². The number of ether oxygens (including phenoxy) is 1. The molecule has 0 fully saturated rings. The van der Waals surface area contributed by atoms with E-state index in [1.54, 1.807) is 25.3 Å². The number of nitrogens with one attached hydrogen (secondary N) is 2. The fourth-order valence-corrected chi connectivity index (χ4v) is 2.56. The highest BCUT2D eigenvalue weighted by atomic mass is 35.5. The number of halogens is 1. The standard InChI is InChI=1S/C17H19ClN2OS/c1-11(2)13-6-4-5-7-14(13)19-17(22)20-15-10-12(18)8-9-16(15)21-3/h4-11H,1-3H3,(H2,19,20,22). The quantitative estimate of drug-likeness (QED) is 0.745. The summed E-state index contributed by atoms with van der Waals surface area (Å²) in [6, 6.07) is 13.5. The van der Waals surface area contributed by atoms with Crippen LogP contribution < -0.4 is 15.4 Å². The van der Waals surface area contributed by atoms with E-state index in [9.17, 15) is 0 Å². The number of methoxy groups -OCH3 is 1. The molecule has 0 radical (unpaired) electrons. The first kappa shape index (κ1) is 16.6. The molecule has 0 aromatic heterocycles. The highest BCUT2D eigenvalue weighted by Gasteiger charge is 2.09. The lowest BCUT2D eigenvalue weighted by Crippen LogP contribution is -2.20. The van der Waals surface area contributed by atoms with Gasteiger partial charge in [0.25, 0.3) is 0 Å². The molecule has 0 atom stereocenters. The van der Waals surface area contributed by atoms with Crippen LogP contribution >= 0.6 is 23.8 Å². The summed E-state index contributed by atoms with van der Waals surface area (Å²) in [7, 11) is 1.61. The summed E-state index contributed by atoms with van der Waals surface area (Å²) >= 11 is 11.4. The van der Waals surface area contributed by atoms with E-state index in [2.05, 4.69) is 30.5 Å². The Labute approximate surface area is 141 Å². The van der Waals surface area contributed by atoms with Crippen molar-refractivity contribution in [2.45, 2.75) is 19.8 Å². The first-order chi connectivity index (χ1) is 10.5. The summed E-state index contributed by atoms with van der Waals surface area (Å²) in [6.07, 6.45) is 0.